The van der Waals surface area contributed by atoms with Gasteiger partial charge < -0.3 is 26.0 Å². The Morgan fingerprint density at radius 1 is 1.08 bits per heavy atom. The van der Waals surface area contributed by atoms with Crippen molar-refractivity contribution in [1.29, 1.82) is 0 Å². The predicted molar refractivity (Wildman–Crippen MR) is 133 cm³/mol. The zero-order valence-corrected chi connectivity index (χ0v) is 20.3. The van der Waals surface area contributed by atoms with Gasteiger partial charge in [-0.3, -0.25) is 19.4 Å². The Hall–Kier alpha value is -3.34. The van der Waals surface area contributed by atoms with Crippen LogP contribution in [0.15, 0.2) is 47.5 Å². The van der Waals surface area contributed by atoms with Gasteiger partial charge in [0.15, 0.2) is 0 Å². The first kappa shape index (κ1) is 25.7. The van der Waals surface area contributed by atoms with Gasteiger partial charge in [0, 0.05) is 18.8 Å². The number of halogens is 2. The number of benzene rings is 2. The fourth-order valence-electron chi connectivity index (χ4n) is 4.41. The number of aliphatic imine (C=N–C) groups is 1. The topological polar surface area (TPSA) is 126 Å². The average molecular weight is 516 g/mol. The summed E-state index contributed by atoms with van der Waals surface area (Å²) in [5.41, 5.74) is 4.54. The fraction of sp³-hybridized carbons (Fsp3) is 0.360. The van der Waals surface area contributed by atoms with Crippen LogP contribution in [0.2, 0.25) is 5.02 Å². The van der Waals surface area contributed by atoms with E-state index in [1.165, 1.54) is 36.8 Å². The number of primary amides is 1. The van der Waals surface area contributed by atoms with Crippen molar-refractivity contribution in [3.63, 3.8) is 0 Å². The van der Waals surface area contributed by atoms with Gasteiger partial charge in [0.1, 0.15) is 18.3 Å². The molecule has 9 nitrogen and oxygen atoms in total. The van der Waals surface area contributed by atoms with Crippen molar-refractivity contribution < 1.29 is 23.5 Å². The second kappa shape index (κ2) is 11.2. The average Bonchev–Trinajstić information content (AvgIpc) is 3.31. The van der Waals surface area contributed by atoms with E-state index in [0.717, 1.165) is 38.1 Å². The summed E-state index contributed by atoms with van der Waals surface area (Å²) in [7, 11) is 0. The molecule has 0 spiro atoms. The maximum Gasteiger partial charge on any atom is 0.269 e. The Labute approximate surface area is 212 Å². The third-order valence-electron chi connectivity index (χ3n) is 6.29. The number of nitrogens with one attached hydrogen (secondary N) is 2. The number of nitrogens with zero attached hydrogens (tertiary/aromatic N) is 2. The summed E-state index contributed by atoms with van der Waals surface area (Å²) in [6.45, 7) is 2.92. The minimum absolute atomic E-state index is 0.0247. The van der Waals surface area contributed by atoms with Crippen molar-refractivity contribution in [3.05, 3.63) is 64.4 Å². The van der Waals surface area contributed by atoms with E-state index in [9.17, 15) is 18.8 Å². The lowest BCUT2D eigenvalue weighted by atomic mass is 9.87. The molecule has 4 N–H and O–H groups in total. The van der Waals surface area contributed by atoms with Crippen LogP contribution in [0.3, 0.4) is 0 Å². The number of carbonyl (C=O) groups excluding carboxylic acids is 3. The Bertz CT molecular complexity index is 1180. The van der Waals surface area contributed by atoms with Gasteiger partial charge in [0.2, 0.25) is 5.60 Å². The lowest BCUT2D eigenvalue weighted by Gasteiger charge is -2.28. The lowest BCUT2D eigenvalue weighted by Crippen LogP contribution is -2.53. The van der Waals surface area contributed by atoms with Gasteiger partial charge in [-0.2, -0.15) is 0 Å². The maximum absolute atomic E-state index is 13.3. The van der Waals surface area contributed by atoms with Crippen molar-refractivity contribution in [2.75, 3.05) is 38.2 Å². The number of likely N-dealkylation sites (tertiary alicyclic amines) is 1. The van der Waals surface area contributed by atoms with E-state index in [-0.39, 0.29) is 23.0 Å². The number of piperidine rings is 1. The molecule has 3 amide bonds. The quantitative estimate of drug-likeness (QED) is 0.498. The first-order valence-electron chi connectivity index (χ1n) is 11.7. The van der Waals surface area contributed by atoms with Crippen LogP contribution in [-0.4, -0.2) is 61.2 Å². The van der Waals surface area contributed by atoms with Crippen LogP contribution in [0.1, 0.15) is 35.2 Å². The normalized spacial score (nSPS) is 20.0. The highest BCUT2D eigenvalue weighted by atomic mass is 35.5. The van der Waals surface area contributed by atoms with Crippen molar-refractivity contribution in [1.82, 2.24) is 10.2 Å². The standard InChI is InChI=1S/C25H27ClFN5O4/c26-20-14-17(27)6-9-19(20)22(33)31-18-7-4-16(5-8-18)25(24(28)35)21(30-15-36-25)23(34)29-10-13-32-11-2-1-3-12-32/h4-9,14H,1-3,10-13,15H2,(H2,28,35)(H,29,34)(H,31,33). The van der Waals surface area contributed by atoms with E-state index in [4.69, 9.17) is 22.1 Å². The van der Waals surface area contributed by atoms with Gasteiger partial charge in [-0.05, 0) is 61.8 Å². The van der Waals surface area contributed by atoms with Crippen molar-refractivity contribution in [2.45, 2.75) is 24.9 Å². The first-order chi connectivity index (χ1) is 17.3. The Balaban J connectivity index is 1.46. The molecule has 0 radical (unpaired) electrons. The molecule has 11 heteroatoms. The molecule has 2 aromatic carbocycles. The number of carbonyl (C=O) groups is 3. The molecular weight excluding hydrogens is 489 g/mol. The van der Waals surface area contributed by atoms with Crippen LogP contribution in [-0.2, 0) is 19.9 Å². The minimum Gasteiger partial charge on any atom is -0.366 e. The maximum atomic E-state index is 13.3. The van der Waals surface area contributed by atoms with Gasteiger partial charge in [0.05, 0.1) is 10.6 Å². The molecule has 1 unspecified atom stereocenters. The number of amides is 3. The van der Waals surface area contributed by atoms with E-state index >= 15 is 0 Å². The van der Waals surface area contributed by atoms with Crippen LogP contribution in [0.25, 0.3) is 0 Å². The molecule has 4 rings (SSSR count). The summed E-state index contributed by atoms with van der Waals surface area (Å²) in [6, 6.07) is 9.57. The van der Waals surface area contributed by atoms with E-state index < -0.39 is 29.1 Å². The van der Waals surface area contributed by atoms with E-state index in [0.29, 0.717) is 24.3 Å². The molecule has 1 atom stereocenters. The summed E-state index contributed by atoms with van der Waals surface area (Å²) in [5.74, 6) is -2.49. The van der Waals surface area contributed by atoms with Crippen LogP contribution in [0.5, 0.6) is 0 Å². The third-order valence-corrected chi connectivity index (χ3v) is 6.60. The van der Waals surface area contributed by atoms with Crippen molar-refractivity contribution in [2.24, 2.45) is 10.7 Å². The van der Waals surface area contributed by atoms with Gasteiger partial charge >= 0.3 is 0 Å². The molecule has 36 heavy (non-hydrogen) atoms. The SMILES string of the molecule is NC(=O)C1(c2ccc(NC(=O)c3ccc(F)cc3Cl)cc2)OCN=C1C(=O)NCCN1CCCCC1. The molecule has 1 saturated heterocycles. The molecule has 2 aliphatic heterocycles. The number of nitrogens with two attached hydrogens (primary N) is 1. The minimum atomic E-state index is -1.85. The summed E-state index contributed by atoms with van der Waals surface area (Å²) in [5, 5.41) is 5.45. The molecule has 2 aliphatic rings. The summed E-state index contributed by atoms with van der Waals surface area (Å²) >= 11 is 5.96. The zero-order valence-electron chi connectivity index (χ0n) is 19.6. The van der Waals surface area contributed by atoms with Crippen LogP contribution < -0.4 is 16.4 Å². The van der Waals surface area contributed by atoms with Gasteiger partial charge in [-0.25, -0.2) is 4.39 Å². The lowest BCUT2D eigenvalue weighted by molar-refractivity contribution is -0.135. The molecule has 0 aromatic heterocycles. The van der Waals surface area contributed by atoms with Gasteiger partial charge in [-0.1, -0.05) is 30.2 Å². The monoisotopic (exact) mass is 515 g/mol. The molecule has 2 heterocycles. The molecule has 0 bridgehead atoms. The molecule has 190 valence electrons. The summed E-state index contributed by atoms with van der Waals surface area (Å²) < 4.78 is 18.9. The first-order valence-corrected chi connectivity index (χ1v) is 12.1. The number of hydrogen-bond donors (Lipinski definition) is 3. The third kappa shape index (κ3) is 5.40. The smallest absolute Gasteiger partial charge is 0.269 e. The second-order valence-corrected chi connectivity index (χ2v) is 9.05. The Morgan fingerprint density at radius 2 is 1.81 bits per heavy atom. The zero-order chi connectivity index (χ0) is 25.7. The van der Waals surface area contributed by atoms with E-state index in [2.05, 4.69) is 20.5 Å². The van der Waals surface area contributed by atoms with Crippen molar-refractivity contribution in [3.8, 4) is 0 Å². The Kier molecular flexibility index (Phi) is 7.97. The highest BCUT2D eigenvalue weighted by Crippen LogP contribution is 2.33. The molecule has 0 aliphatic carbocycles. The fourth-order valence-corrected chi connectivity index (χ4v) is 4.66. The molecular formula is C25H27ClFN5O4. The molecule has 2 aromatic rings. The van der Waals surface area contributed by atoms with E-state index in [1.54, 1.807) is 0 Å². The van der Waals surface area contributed by atoms with Gasteiger partial charge in [0.25, 0.3) is 17.7 Å². The highest BCUT2D eigenvalue weighted by Gasteiger charge is 2.51. The molecule has 1 fully saturated rings. The van der Waals surface area contributed by atoms with Crippen molar-refractivity contribution >= 4 is 40.7 Å². The largest absolute Gasteiger partial charge is 0.366 e. The summed E-state index contributed by atoms with van der Waals surface area (Å²) in [4.78, 5) is 44.5. The number of hydrogen-bond acceptors (Lipinski definition) is 6. The number of anilines is 1. The van der Waals surface area contributed by atoms with Gasteiger partial charge in [-0.15, -0.1) is 0 Å². The highest BCUT2D eigenvalue weighted by molar-refractivity contribution is 6.46. The molecule has 0 saturated carbocycles. The van der Waals surface area contributed by atoms with Crippen LogP contribution >= 0.6 is 11.6 Å². The van der Waals surface area contributed by atoms with Crippen LogP contribution in [0, 0.1) is 5.82 Å². The van der Waals surface area contributed by atoms with E-state index in [1.807, 2.05) is 0 Å². The second-order valence-electron chi connectivity index (χ2n) is 8.64. The Morgan fingerprint density at radius 3 is 2.47 bits per heavy atom. The predicted octanol–water partition coefficient (Wildman–Crippen LogP) is 2.44. The number of rotatable bonds is 8. The van der Waals surface area contributed by atoms with Crippen LogP contribution in [0.4, 0.5) is 10.1 Å². The summed E-state index contributed by atoms with van der Waals surface area (Å²) in [6.07, 6.45) is 3.51. The number of ether oxygens (including phenoxy) is 1.